The maximum absolute atomic E-state index is 5.72. The fourth-order valence-electron chi connectivity index (χ4n) is 2.27. The molecule has 1 aliphatic rings. The summed E-state index contributed by atoms with van der Waals surface area (Å²) >= 11 is 3.70. The third-order valence-corrected chi connectivity index (χ3v) is 4.37. The number of benzene rings is 1. The molecule has 1 aromatic rings. The Morgan fingerprint density at radius 2 is 1.94 bits per heavy atom. The molecule has 100 valence electrons. The lowest BCUT2D eigenvalue weighted by Gasteiger charge is -2.34. The van der Waals surface area contributed by atoms with Gasteiger partial charge in [0.25, 0.3) is 0 Å². The van der Waals surface area contributed by atoms with Crippen molar-refractivity contribution in [3.8, 4) is 0 Å². The fourth-order valence-corrected chi connectivity index (χ4v) is 2.92. The van der Waals surface area contributed by atoms with E-state index in [1.807, 2.05) is 0 Å². The molecular formula is C14H22BrN3. The van der Waals surface area contributed by atoms with Crippen LogP contribution < -0.4 is 10.6 Å². The molecule has 3 nitrogen and oxygen atoms in total. The molecule has 1 heterocycles. The zero-order valence-electron chi connectivity index (χ0n) is 11.2. The first-order valence-electron chi connectivity index (χ1n) is 6.55. The molecule has 0 radical (unpaired) electrons. The van der Waals surface area contributed by atoms with Crippen LogP contribution >= 0.6 is 15.9 Å². The Morgan fingerprint density at radius 1 is 1.28 bits per heavy atom. The number of nitrogens with zero attached hydrogens (tertiary/aromatic N) is 2. The van der Waals surface area contributed by atoms with Gasteiger partial charge in [0.2, 0.25) is 0 Å². The highest BCUT2D eigenvalue weighted by Gasteiger charge is 2.17. The van der Waals surface area contributed by atoms with Gasteiger partial charge in [-0.1, -0.05) is 13.0 Å². The van der Waals surface area contributed by atoms with Crippen LogP contribution in [0.4, 0.5) is 5.69 Å². The van der Waals surface area contributed by atoms with Gasteiger partial charge in [0.1, 0.15) is 0 Å². The van der Waals surface area contributed by atoms with Gasteiger partial charge in [-0.25, -0.2) is 0 Å². The van der Waals surface area contributed by atoms with Gasteiger partial charge in [-0.05, 0) is 53.1 Å². The summed E-state index contributed by atoms with van der Waals surface area (Å²) in [5, 5.41) is 0. The number of hydrogen-bond donors (Lipinski definition) is 1. The number of halogens is 1. The normalized spacial score (nSPS) is 19.0. The molecule has 2 rings (SSSR count). The van der Waals surface area contributed by atoms with Crippen molar-refractivity contribution in [2.45, 2.75) is 12.8 Å². The van der Waals surface area contributed by atoms with E-state index in [2.05, 4.69) is 57.9 Å². The van der Waals surface area contributed by atoms with Crippen LogP contribution in [0.3, 0.4) is 0 Å². The second-order valence-corrected chi connectivity index (χ2v) is 5.99. The summed E-state index contributed by atoms with van der Waals surface area (Å²) in [7, 11) is 2.18. The molecule has 0 saturated carbocycles. The predicted molar refractivity (Wildman–Crippen MR) is 81.3 cm³/mol. The Balaban J connectivity index is 2.14. The first kappa shape index (κ1) is 13.8. The van der Waals surface area contributed by atoms with Crippen LogP contribution in [-0.2, 0) is 0 Å². The van der Waals surface area contributed by atoms with Crippen LogP contribution in [0.5, 0.6) is 0 Å². The molecule has 0 bridgehead atoms. The van der Waals surface area contributed by atoms with Gasteiger partial charge in [0, 0.05) is 30.7 Å². The van der Waals surface area contributed by atoms with E-state index in [-0.39, 0.29) is 0 Å². The molecule has 1 aliphatic heterocycles. The monoisotopic (exact) mass is 311 g/mol. The average Bonchev–Trinajstić information content (AvgIpc) is 2.39. The summed E-state index contributed by atoms with van der Waals surface area (Å²) in [5.41, 5.74) is 8.33. The minimum atomic E-state index is 0.419. The Bertz CT molecular complexity index is 400. The van der Waals surface area contributed by atoms with E-state index in [1.165, 1.54) is 15.7 Å². The average molecular weight is 312 g/mol. The van der Waals surface area contributed by atoms with Gasteiger partial charge >= 0.3 is 0 Å². The summed E-state index contributed by atoms with van der Waals surface area (Å²) in [6, 6.07) is 6.64. The van der Waals surface area contributed by atoms with Gasteiger partial charge in [-0.15, -0.1) is 0 Å². The summed E-state index contributed by atoms with van der Waals surface area (Å²) < 4.78 is 1.19. The van der Waals surface area contributed by atoms with Crippen molar-refractivity contribution in [2.24, 2.45) is 5.73 Å². The van der Waals surface area contributed by atoms with Crippen LogP contribution in [0, 0.1) is 0 Å². The topological polar surface area (TPSA) is 32.5 Å². The lowest BCUT2D eigenvalue weighted by molar-refractivity contribution is 0.312. The third kappa shape index (κ3) is 3.05. The number of rotatable bonds is 3. The van der Waals surface area contributed by atoms with Crippen LogP contribution in [0.1, 0.15) is 18.4 Å². The number of anilines is 1. The Labute approximate surface area is 118 Å². The molecule has 18 heavy (non-hydrogen) atoms. The number of hydrogen-bond acceptors (Lipinski definition) is 3. The standard InChI is InChI=1S/C14H22BrN3/c1-11(10-16)12-3-4-14(13(15)9-12)18-7-5-17(2)6-8-18/h3-4,9,11H,5-8,10,16H2,1-2H3. The number of likely N-dealkylation sites (N-methyl/N-ethyl adjacent to an activating group) is 1. The SMILES string of the molecule is CC(CN)c1ccc(N2CCN(C)CC2)c(Br)c1. The molecule has 1 atom stereocenters. The minimum Gasteiger partial charge on any atom is -0.368 e. The summed E-state index contributed by atoms with van der Waals surface area (Å²) in [4.78, 5) is 4.82. The third-order valence-electron chi connectivity index (χ3n) is 3.74. The largest absolute Gasteiger partial charge is 0.368 e. The quantitative estimate of drug-likeness (QED) is 0.929. The van der Waals surface area contributed by atoms with Gasteiger partial charge < -0.3 is 15.5 Å². The maximum atomic E-state index is 5.72. The van der Waals surface area contributed by atoms with Gasteiger partial charge in [0.15, 0.2) is 0 Å². The van der Waals surface area contributed by atoms with Crippen LogP contribution in [0.2, 0.25) is 0 Å². The fraction of sp³-hybridized carbons (Fsp3) is 0.571. The highest BCUT2D eigenvalue weighted by molar-refractivity contribution is 9.10. The van der Waals surface area contributed by atoms with Crippen molar-refractivity contribution in [2.75, 3.05) is 44.7 Å². The van der Waals surface area contributed by atoms with Crippen molar-refractivity contribution in [3.05, 3.63) is 28.2 Å². The van der Waals surface area contributed by atoms with E-state index in [4.69, 9.17) is 5.73 Å². The highest BCUT2D eigenvalue weighted by atomic mass is 79.9. The molecule has 1 unspecified atom stereocenters. The Hall–Kier alpha value is -0.580. The van der Waals surface area contributed by atoms with Gasteiger partial charge in [-0.2, -0.15) is 0 Å². The number of nitrogens with two attached hydrogens (primary N) is 1. The van der Waals surface area contributed by atoms with E-state index < -0.39 is 0 Å². The molecule has 0 aliphatic carbocycles. The zero-order chi connectivity index (χ0) is 13.1. The van der Waals surface area contributed by atoms with E-state index >= 15 is 0 Å². The molecule has 1 fully saturated rings. The van der Waals surface area contributed by atoms with Crippen molar-refractivity contribution >= 4 is 21.6 Å². The summed E-state index contributed by atoms with van der Waals surface area (Å²) in [6.45, 7) is 7.32. The predicted octanol–water partition coefficient (Wildman–Crippen LogP) is 2.26. The highest BCUT2D eigenvalue weighted by Crippen LogP contribution is 2.30. The van der Waals surface area contributed by atoms with E-state index in [1.54, 1.807) is 0 Å². The molecule has 2 N–H and O–H groups in total. The van der Waals surface area contributed by atoms with Crippen molar-refractivity contribution < 1.29 is 0 Å². The van der Waals surface area contributed by atoms with Crippen LogP contribution in [0.25, 0.3) is 0 Å². The lowest BCUT2D eigenvalue weighted by atomic mass is 10.0. The molecule has 0 amide bonds. The summed E-state index contributed by atoms with van der Waals surface area (Å²) in [6.07, 6.45) is 0. The van der Waals surface area contributed by atoms with Crippen molar-refractivity contribution in [3.63, 3.8) is 0 Å². The second-order valence-electron chi connectivity index (χ2n) is 5.14. The molecule has 0 spiro atoms. The number of piperazine rings is 1. The molecular weight excluding hydrogens is 290 g/mol. The van der Waals surface area contributed by atoms with Gasteiger partial charge in [0.05, 0.1) is 5.69 Å². The molecule has 0 aromatic heterocycles. The molecule has 1 aromatic carbocycles. The van der Waals surface area contributed by atoms with E-state index in [0.717, 1.165) is 26.2 Å². The zero-order valence-corrected chi connectivity index (χ0v) is 12.8. The van der Waals surface area contributed by atoms with E-state index in [9.17, 15) is 0 Å². The second kappa shape index (κ2) is 6.04. The summed E-state index contributed by atoms with van der Waals surface area (Å²) in [5.74, 6) is 0.419. The van der Waals surface area contributed by atoms with E-state index in [0.29, 0.717) is 12.5 Å². The smallest absolute Gasteiger partial charge is 0.0511 e. The van der Waals surface area contributed by atoms with Gasteiger partial charge in [-0.3, -0.25) is 0 Å². The first-order chi connectivity index (χ1) is 8.61. The Morgan fingerprint density at radius 3 is 2.50 bits per heavy atom. The van der Waals surface area contributed by atoms with Crippen LogP contribution in [-0.4, -0.2) is 44.7 Å². The molecule has 4 heteroatoms. The minimum absolute atomic E-state index is 0.419. The molecule has 1 saturated heterocycles. The first-order valence-corrected chi connectivity index (χ1v) is 7.34. The maximum Gasteiger partial charge on any atom is 0.0511 e. The van der Waals surface area contributed by atoms with Crippen molar-refractivity contribution in [1.82, 2.24) is 4.90 Å². The lowest BCUT2D eigenvalue weighted by Crippen LogP contribution is -2.44. The Kier molecular flexibility index (Phi) is 4.65. The van der Waals surface area contributed by atoms with Crippen molar-refractivity contribution in [1.29, 1.82) is 0 Å². The van der Waals surface area contributed by atoms with Crippen LogP contribution in [0.15, 0.2) is 22.7 Å².